The first-order chi connectivity index (χ1) is 10.3. The fourth-order valence-corrected chi connectivity index (χ4v) is 2.68. The summed E-state index contributed by atoms with van der Waals surface area (Å²) in [6.07, 6.45) is 2.28. The van der Waals surface area contributed by atoms with Crippen molar-refractivity contribution in [2.75, 3.05) is 54.0 Å². The van der Waals surface area contributed by atoms with E-state index in [2.05, 4.69) is 55.3 Å². The molecule has 0 radical (unpaired) electrons. The van der Waals surface area contributed by atoms with Gasteiger partial charge in [0.2, 0.25) is 0 Å². The average molecular weight is 315 g/mol. The summed E-state index contributed by atoms with van der Waals surface area (Å²) in [6, 6.07) is 0. The summed E-state index contributed by atoms with van der Waals surface area (Å²) in [7, 11) is 5.71. The number of hydrogen-bond acceptors (Lipinski definition) is 3. The second-order valence-corrected chi connectivity index (χ2v) is 7.26. The highest BCUT2D eigenvalue weighted by atomic mass is 16.5. The average Bonchev–Trinajstić information content (AvgIpc) is 2.41. The number of guanidine groups is 1. The Labute approximate surface area is 137 Å². The topological polar surface area (TPSA) is 48.9 Å². The molecule has 0 atom stereocenters. The van der Waals surface area contributed by atoms with Crippen LogP contribution >= 0.6 is 0 Å². The maximum atomic E-state index is 5.07. The second-order valence-electron chi connectivity index (χ2n) is 7.26. The van der Waals surface area contributed by atoms with Crippen molar-refractivity contribution in [3.63, 3.8) is 0 Å². The Kier molecular flexibility index (Phi) is 11.3. The van der Waals surface area contributed by atoms with E-state index in [-0.39, 0.29) is 5.41 Å². The summed E-state index contributed by atoms with van der Waals surface area (Å²) in [5.41, 5.74) is 0.280. The van der Waals surface area contributed by atoms with E-state index in [4.69, 9.17) is 4.74 Å². The van der Waals surface area contributed by atoms with Crippen LogP contribution in [0.3, 0.4) is 0 Å². The van der Waals surface area contributed by atoms with Gasteiger partial charge in [0, 0.05) is 46.9 Å². The van der Waals surface area contributed by atoms with Crippen LogP contribution in [0.5, 0.6) is 0 Å². The number of nitrogens with zero attached hydrogens (tertiary/aromatic N) is 2. The third-order valence-corrected chi connectivity index (χ3v) is 3.59. The van der Waals surface area contributed by atoms with E-state index in [0.29, 0.717) is 5.92 Å². The highest BCUT2D eigenvalue weighted by Crippen LogP contribution is 2.23. The molecule has 2 N–H and O–H groups in total. The Hall–Kier alpha value is -0.810. The summed E-state index contributed by atoms with van der Waals surface area (Å²) in [4.78, 5) is 6.61. The van der Waals surface area contributed by atoms with Gasteiger partial charge in [0.25, 0.3) is 0 Å². The lowest BCUT2D eigenvalue weighted by atomic mass is 9.84. The molecule has 5 nitrogen and oxygen atoms in total. The molecule has 0 fully saturated rings. The van der Waals surface area contributed by atoms with Gasteiger partial charge in [0.15, 0.2) is 5.96 Å². The number of rotatable bonds is 11. The van der Waals surface area contributed by atoms with Crippen molar-refractivity contribution < 1.29 is 4.74 Å². The molecule has 0 rings (SSSR count). The largest absolute Gasteiger partial charge is 0.385 e. The Morgan fingerprint density at radius 3 is 2.45 bits per heavy atom. The molecule has 0 aliphatic heterocycles. The van der Waals surface area contributed by atoms with Crippen molar-refractivity contribution in [3.8, 4) is 0 Å². The highest BCUT2D eigenvalue weighted by Gasteiger charge is 2.19. The lowest BCUT2D eigenvalue weighted by Crippen LogP contribution is -2.44. The molecule has 0 saturated carbocycles. The molecule has 0 spiro atoms. The maximum absolute atomic E-state index is 5.07. The van der Waals surface area contributed by atoms with Gasteiger partial charge in [-0.1, -0.05) is 27.7 Å². The third-order valence-electron chi connectivity index (χ3n) is 3.59. The van der Waals surface area contributed by atoms with Crippen LogP contribution in [0.4, 0.5) is 0 Å². The fraction of sp³-hybridized carbons (Fsp3) is 0.941. The van der Waals surface area contributed by atoms with Gasteiger partial charge >= 0.3 is 0 Å². The van der Waals surface area contributed by atoms with E-state index < -0.39 is 0 Å². The van der Waals surface area contributed by atoms with E-state index in [9.17, 15) is 0 Å². The zero-order chi connectivity index (χ0) is 17.0. The number of ether oxygens (including phenoxy) is 1. The van der Waals surface area contributed by atoms with E-state index in [1.165, 1.54) is 6.42 Å². The first-order valence-corrected chi connectivity index (χ1v) is 8.42. The number of aliphatic imine (C=N–C) groups is 1. The van der Waals surface area contributed by atoms with Crippen LogP contribution in [-0.4, -0.2) is 64.9 Å². The Morgan fingerprint density at radius 1 is 1.23 bits per heavy atom. The Morgan fingerprint density at radius 2 is 1.91 bits per heavy atom. The van der Waals surface area contributed by atoms with Crippen LogP contribution in [0.15, 0.2) is 4.99 Å². The standard InChI is InChI=1S/C17H38N4O/c1-15(2)13-17(3,4)14-20-16(18-5)19-9-11-21(6)10-8-12-22-7/h15H,8-14H2,1-7H3,(H2,18,19,20). The first-order valence-electron chi connectivity index (χ1n) is 8.42. The molecule has 5 heteroatoms. The normalized spacial score (nSPS) is 13.0. The molecule has 0 saturated heterocycles. The van der Waals surface area contributed by atoms with Gasteiger partial charge in [-0.05, 0) is 31.2 Å². The molecule has 0 aromatic rings. The van der Waals surface area contributed by atoms with Crippen molar-refractivity contribution >= 4 is 5.96 Å². The van der Waals surface area contributed by atoms with E-state index >= 15 is 0 Å². The van der Waals surface area contributed by atoms with Crippen molar-refractivity contribution in [1.29, 1.82) is 0 Å². The fourth-order valence-electron chi connectivity index (χ4n) is 2.68. The SMILES string of the molecule is CN=C(NCCN(C)CCCOC)NCC(C)(C)CC(C)C. The Bertz CT molecular complexity index is 303. The summed E-state index contributed by atoms with van der Waals surface area (Å²) < 4.78 is 5.07. The highest BCUT2D eigenvalue weighted by molar-refractivity contribution is 5.79. The van der Waals surface area contributed by atoms with Gasteiger partial charge in [-0.2, -0.15) is 0 Å². The van der Waals surface area contributed by atoms with Crippen molar-refractivity contribution in [1.82, 2.24) is 15.5 Å². The number of nitrogens with one attached hydrogen (secondary N) is 2. The monoisotopic (exact) mass is 314 g/mol. The molecular formula is C17H38N4O. The molecule has 22 heavy (non-hydrogen) atoms. The van der Waals surface area contributed by atoms with Crippen molar-refractivity contribution in [2.45, 2.75) is 40.5 Å². The molecule has 132 valence electrons. The summed E-state index contributed by atoms with van der Waals surface area (Å²) >= 11 is 0. The van der Waals surface area contributed by atoms with Gasteiger partial charge in [-0.25, -0.2) is 0 Å². The Balaban J connectivity index is 3.93. The van der Waals surface area contributed by atoms with Crippen LogP contribution in [0, 0.1) is 11.3 Å². The second kappa shape index (κ2) is 11.7. The zero-order valence-electron chi connectivity index (χ0n) is 15.8. The van der Waals surface area contributed by atoms with Crippen LogP contribution in [0.25, 0.3) is 0 Å². The van der Waals surface area contributed by atoms with Crippen LogP contribution in [0.2, 0.25) is 0 Å². The first kappa shape index (κ1) is 21.2. The molecule has 0 aromatic carbocycles. The molecule has 0 heterocycles. The van der Waals surface area contributed by atoms with Gasteiger partial charge in [-0.15, -0.1) is 0 Å². The predicted molar refractivity (Wildman–Crippen MR) is 96.6 cm³/mol. The van der Waals surface area contributed by atoms with Crippen LogP contribution in [-0.2, 0) is 4.74 Å². The quantitative estimate of drug-likeness (QED) is 0.349. The molecule has 0 aliphatic rings. The van der Waals surface area contributed by atoms with Crippen molar-refractivity contribution in [3.05, 3.63) is 0 Å². The molecular weight excluding hydrogens is 276 g/mol. The molecule has 0 amide bonds. The molecule has 0 aliphatic carbocycles. The van der Waals surface area contributed by atoms with Crippen LogP contribution in [0.1, 0.15) is 40.5 Å². The minimum absolute atomic E-state index is 0.280. The molecule has 0 unspecified atom stereocenters. The minimum atomic E-state index is 0.280. The van der Waals surface area contributed by atoms with Gasteiger partial charge in [0.1, 0.15) is 0 Å². The van der Waals surface area contributed by atoms with Gasteiger partial charge in [-0.3, -0.25) is 4.99 Å². The van der Waals surface area contributed by atoms with Crippen molar-refractivity contribution in [2.24, 2.45) is 16.3 Å². The van der Waals surface area contributed by atoms with E-state index in [1.807, 2.05) is 7.05 Å². The van der Waals surface area contributed by atoms with Gasteiger partial charge < -0.3 is 20.3 Å². The predicted octanol–water partition coefficient (Wildman–Crippen LogP) is 2.19. The summed E-state index contributed by atoms with van der Waals surface area (Å²) in [5.74, 6) is 1.61. The summed E-state index contributed by atoms with van der Waals surface area (Å²) in [5, 5.41) is 6.82. The maximum Gasteiger partial charge on any atom is 0.191 e. The van der Waals surface area contributed by atoms with Crippen LogP contribution < -0.4 is 10.6 Å². The van der Waals surface area contributed by atoms with Gasteiger partial charge in [0.05, 0.1) is 0 Å². The number of methoxy groups -OCH3 is 1. The smallest absolute Gasteiger partial charge is 0.191 e. The summed E-state index contributed by atoms with van der Waals surface area (Å²) in [6.45, 7) is 13.9. The molecule has 0 aromatic heterocycles. The van der Waals surface area contributed by atoms with E-state index in [0.717, 1.165) is 45.2 Å². The van der Waals surface area contributed by atoms with E-state index in [1.54, 1.807) is 7.11 Å². The molecule has 0 bridgehead atoms. The third kappa shape index (κ3) is 11.8. The number of likely N-dealkylation sites (N-methyl/N-ethyl adjacent to an activating group) is 1. The minimum Gasteiger partial charge on any atom is -0.385 e. The zero-order valence-corrected chi connectivity index (χ0v) is 15.8. The lowest BCUT2D eigenvalue weighted by Gasteiger charge is -2.28. The lowest BCUT2D eigenvalue weighted by molar-refractivity contribution is 0.180. The number of hydrogen-bond donors (Lipinski definition) is 2.